The lowest BCUT2D eigenvalue weighted by Gasteiger charge is -2.31. The zero-order chi connectivity index (χ0) is 33.6. The third-order valence-corrected chi connectivity index (χ3v) is 9.28. The van der Waals surface area contributed by atoms with Crippen LogP contribution in [-0.2, 0) is 27.2 Å². The zero-order valence-electron chi connectivity index (χ0n) is 27.6. The van der Waals surface area contributed by atoms with Crippen LogP contribution in [0.15, 0.2) is 78.1 Å². The number of carbonyl (C=O) groups excluding carboxylic acids is 3. The van der Waals surface area contributed by atoms with Gasteiger partial charge in [-0.25, -0.2) is 9.78 Å². The molecule has 1 fully saturated rings. The number of hydrogen-bond acceptors (Lipinski definition) is 7. The molecule has 0 saturated heterocycles. The molecule has 3 amide bonds. The van der Waals surface area contributed by atoms with E-state index in [1.165, 1.54) is 12.7 Å². The van der Waals surface area contributed by atoms with Gasteiger partial charge in [0, 0.05) is 35.4 Å². The minimum absolute atomic E-state index is 0.146. The third-order valence-electron chi connectivity index (χ3n) is 8.17. The van der Waals surface area contributed by atoms with E-state index < -0.39 is 47.7 Å². The molecule has 4 atom stereocenters. The van der Waals surface area contributed by atoms with Crippen LogP contribution in [0.4, 0.5) is 4.79 Å². The second kappa shape index (κ2) is 17.9. The zero-order valence-corrected chi connectivity index (χ0v) is 28.4. The molecule has 3 aromatic rings. The normalized spacial score (nSPS) is 16.3. The van der Waals surface area contributed by atoms with Crippen molar-refractivity contribution in [3.8, 4) is 0 Å². The van der Waals surface area contributed by atoms with E-state index in [-0.39, 0.29) is 12.8 Å². The molecule has 1 aromatic heterocycles. The number of rotatable bonds is 15. The van der Waals surface area contributed by atoms with Crippen molar-refractivity contribution in [1.82, 2.24) is 25.9 Å². The Morgan fingerprint density at radius 3 is 2.19 bits per heavy atom. The second-order valence-electron chi connectivity index (χ2n) is 13.3. The number of nitrogens with zero attached hydrogens (tertiary/aromatic N) is 1. The first-order valence-electron chi connectivity index (χ1n) is 16.5. The Bertz CT molecular complexity index is 1380. The highest BCUT2D eigenvalue weighted by atomic mass is 32.2. The second-order valence-corrected chi connectivity index (χ2v) is 14.4. The highest BCUT2D eigenvalue weighted by molar-refractivity contribution is 7.99. The van der Waals surface area contributed by atoms with Crippen molar-refractivity contribution >= 4 is 29.7 Å². The minimum Gasteiger partial charge on any atom is -0.444 e. The van der Waals surface area contributed by atoms with Crippen LogP contribution in [0, 0.1) is 5.92 Å². The number of amides is 3. The van der Waals surface area contributed by atoms with Crippen LogP contribution in [0.1, 0.15) is 70.6 Å². The fourth-order valence-corrected chi connectivity index (χ4v) is 6.74. The van der Waals surface area contributed by atoms with Gasteiger partial charge in [0.1, 0.15) is 17.7 Å². The Balaban J connectivity index is 1.52. The monoisotopic (exact) mass is 663 g/mol. The molecule has 4 rings (SSSR count). The van der Waals surface area contributed by atoms with Crippen LogP contribution >= 0.6 is 11.8 Å². The summed E-state index contributed by atoms with van der Waals surface area (Å²) in [4.78, 5) is 48.8. The summed E-state index contributed by atoms with van der Waals surface area (Å²) in [6, 6.07) is 16.7. The number of benzene rings is 2. The summed E-state index contributed by atoms with van der Waals surface area (Å²) in [5.41, 5.74) is 0.743. The molecule has 254 valence electrons. The van der Waals surface area contributed by atoms with Crippen LogP contribution in [0.5, 0.6) is 0 Å². The first-order valence-corrected chi connectivity index (χ1v) is 17.5. The van der Waals surface area contributed by atoms with E-state index in [0.29, 0.717) is 23.8 Å². The maximum absolute atomic E-state index is 14.0. The summed E-state index contributed by atoms with van der Waals surface area (Å²) in [6.45, 7) is 5.25. The van der Waals surface area contributed by atoms with Crippen molar-refractivity contribution in [1.29, 1.82) is 0 Å². The summed E-state index contributed by atoms with van der Waals surface area (Å²) in [6.07, 6.45) is 8.23. The molecule has 11 heteroatoms. The van der Waals surface area contributed by atoms with Gasteiger partial charge in [0.15, 0.2) is 0 Å². The van der Waals surface area contributed by atoms with Crippen LogP contribution < -0.4 is 16.0 Å². The van der Waals surface area contributed by atoms with E-state index in [2.05, 4.69) is 25.9 Å². The number of nitrogens with one attached hydrogen (secondary N) is 4. The number of alkyl carbamates (subject to hydrolysis) is 1. The number of H-pyrrole nitrogens is 1. The van der Waals surface area contributed by atoms with Crippen molar-refractivity contribution in [3.05, 3.63) is 84.4 Å². The molecule has 1 aliphatic carbocycles. The smallest absolute Gasteiger partial charge is 0.408 e. The molecule has 0 aliphatic heterocycles. The number of aromatic nitrogens is 2. The molecule has 5 N–H and O–H groups in total. The molecule has 1 heterocycles. The van der Waals surface area contributed by atoms with Crippen LogP contribution in [-0.4, -0.2) is 68.6 Å². The number of thioether (sulfide) groups is 1. The molecule has 1 saturated carbocycles. The Morgan fingerprint density at radius 2 is 1.55 bits per heavy atom. The number of ether oxygens (including phenoxy) is 1. The molecule has 1 aliphatic rings. The molecular weight excluding hydrogens is 614 g/mol. The molecule has 0 unspecified atom stereocenters. The SMILES string of the molecule is CC(C)(C)OC(=O)N[C@@H](Cc1ccccc1)C(=O)N[C@@H](Cc1cnc[nH]1)C(=O)N[C@@H](CC1CCCCC1)[C@@H](O)CSc1ccccc1. The lowest BCUT2D eigenvalue weighted by molar-refractivity contribution is -0.130. The molecule has 0 spiro atoms. The average Bonchev–Trinajstić information content (AvgIpc) is 3.56. The van der Waals surface area contributed by atoms with Crippen molar-refractivity contribution in [3.63, 3.8) is 0 Å². The maximum atomic E-state index is 14.0. The van der Waals surface area contributed by atoms with E-state index in [9.17, 15) is 19.5 Å². The predicted octanol–water partition coefficient (Wildman–Crippen LogP) is 5.18. The van der Waals surface area contributed by atoms with Gasteiger partial charge < -0.3 is 30.8 Å². The molecule has 10 nitrogen and oxygen atoms in total. The highest BCUT2D eigenvalue weighted by Gasteiger charge is 2.32. The van der Waals surface area contributed by atoms with Gasteiger partial charge in [-0.15, -0.1) is 11.8 Å². The lowest BCUT2D eigenvalue weighted by Crippen LogP contribution is -2.58. The van der Waals surface area contributed by atoms with Gasteiger partial charge in [-0.3, -0.25) is 9.59 Å². The van der Waals surface area contributed by atoms with Crippen LogP contribution in [0.3, 0.4) is 0 Å². The number of imidazole rings is 1. The van der Waals surface area contributed by atoms with E-state index in [1.54, 1.807) is 38.7 Å². The van der Waals surface area contributed by atoms with Gasteiger partial charge in [0.2, 0.25) is 11.8 Å². The fraction of sp³-hybridized carbons (Fsp3) is 0.500. The molecule has 0 bridgehead atoms. The van der Waals surface area contributed by atoms with Crippen LogP contribution in [0.2, 0.25) is 0 Å². The quantitative estimate of drug-likeness (QED) is 0.141. The van der Waals surface area contributed by atoms with Crippen molar-refractivity contribution in [2.45, 2.75) is 107 Å². The summed E-state index contributed by atoms with van der Waals surface area (Å²) >= 11 is 1.55. The standard InChI is InChI=1S/C36H49N5O5S/c1-36(2,3)46-35(45)41-30(20-26-15-9-5-10-16-26)33(43)40-31(21-27-22-37-24-38-27)34(44)39-29(19-25-13-7-4-8-14-25)32(42)23-47-28-17-11-6-12-18-28/h5-6,9-12,15-18,22,24-25,29-32,42H,4,7-8,13-14,19-21,23H2,1-3H3,(H,37,38)(H,39,44)(H,40,43)(H,41,45)/t29-,30-,31-,32-/m0/s1. The van der Waals surface area contributed by atoms with Crippen LogP contribution in [0.25, 0.3) is 0 Å². The van der Waals surface area contributed by atoms with Crippen molar-refractivity contribution < 1.29 is 24.2 Å². The molecule has 47 heavy (non-hydrogen) atoms. The summed E-state index contributed by atoms with van der Waals surface area (Å²) in [7, 11) is 0. The van der Waals surface area contributed by atoms with E-state index in [4.69, 9.17) is 4.74 Å². The maximum Gasteiger partial charge on any atom is 0.408 e. The number of hydrogen-bond donors (Lipinski definition) is 5. The summed E-state index contributed by atoms with van der Waals surface area (Å²) in [5, 5.41) is 20.1. The minimum atomic E-state index is -1.00. The summed E-state index contributed by atoms with van der Waals surface area (Å²) < 4.78 is 5.45. The van der Waals surface area contributed by atoms with Crippen molar-refractivity contribution in [2.24, 2.45) is 5.92 Å². The topological polar surface area (TPSA) is 145 Å². The molecule has 2 aromatic carbocycles. The predicted molar refractivity (Wildman–Crippen MR) is 184 cm³/mol. The van der Waals surface area contributed by atoms with Crippen molar-refractivity contribution in [2.75, 3.05) is 5.75 Å². The third kappa shape index (κ3) is 12.7. The number of carbonyl (C=O) groups is 3. The van der Waals surface area contributed by atoms with Gasteiger partial charge in [-0.1, -0.05) is 80.6 Å². The van der Waals surface area contributed by atoms with E-state index in [1.807, 2.05) is 60.7 Å². The van der Waals surface area contributed by atoms with Gasteiger partial charge in [-0.2, -0.15) is 0 Å². The van der Waals surface area contributed by atoms with E-state index >= 15 is 0 Å². The number of aliphatic hydroxyl groups is 1. The Kier molecular flexibility index (Phi) is 13.7. The first kappa shape index (κ1) is 36.0. The van der Waals surface area contributed by atoms with E-state index in [0.717, 1.165) is 36.1 Å². The highest BCUT2D eigenvalue weighted by Crippen LogP contribution is 2.29. The lowest BCUT2D eigenvalue weighted by atomic mass is 9.83. The van der Waals surface area contributed by atoms with Gasteiger partial charge in [-0.05, 0) is 50.8 Å². The van der Waals surface area contributed by atoms with Gasteiger partial charge in [0.25, 0.3) is 0 Å². The van der Waals surface area contributed by atoms with Gasteiger partial charge in [0.05, 0.1) is 18.5 Å². The number of aromatic amines is 1. The summed E-state index contributed by atoms with van der Waals surface area (Å²) in [5.74, 6) is -0.117. The largest absolute Gasteiger partial charge is 0.444 e. The molecule has 0 radical (unpaired) electrons. The molecular formula is C36H49N5O5S. The Morgan fingerprint density at radius 1 is 0.915 bits per heavy atom. The first-order chi connectivity index (χ1) is 22.6. The van der Waals surface area contributed by atoms with Gasteiger partial charge >= 0.3 is 6.09 Å². The Hall–Kier alpha value is -3.83. The Labute approximate surface area is 282 Å². The fourth-order valence-electron chi connectivity index (χ4n) is 5.80. The number of aliphatic hydroxyl groups excluding tert-OH is 1. The average molecular weight is 664 g/mol.